The van der Waals surface area contributed by atoms with Gasteiger partial charge in [-0.25, -0.2) is 15.0 Å². The summed E-state index contributed by atoms with van der Waals surface area (Å²) in [5.74, 6) is 0.682. The lowest BCUT2D eigenvalue weighted by atomic mass is 9.89. The van der Waals surface area contributed by atoms with Crippen LogP contribution in [0.25, 0.3) is 122 Å². The molecule has 0 saturated heterocycles. The molecule has 63 heavy (non-hydrogen) atoms. The van der Waals surface area contributed by atoms with Crippen LogP contribution in [0.1, 0.15) is 0 Å². The molecule has 0 amide bonds. The molecule has 0 atom stereocenters. The van der Waals surface area contributed by atoms with Gasteiger partial charge in [0.05, 0.1) is 22.6 Å². The third kappa shape index (κ3) is 6.53. The highest BCUT2D eigenvalue weighted by atomic mass is 16.3. The minimum Gasteiger partial charge on any atom is -0.456 e. The van der Waals surface area contributed by atoms with Crippen LogP contribution in [0.2, 0.25) is 0 Å². The molecule has 12 rings (SSSR count). The van der Waals surface area contributed by atoms with Crippen molar-refractivity contribution in [1.82, 2.24) is 15.0 Å². The van der Waals surface area contributed by atoms with Crippen molar-refractivity contribution in [3.05, 3.63) is 224 Å². The summed E-state index contributed by atoms with van der Waals surface area (Å²) in [6.45, 7) is 0. The van der Waals surface area contributed by atoms with Crippen LogP contribution < -0.4 is 0 Å². The summed E-state index contributed by atoms with van der Waals surface area (Å²) in [4.78, 5) is 15.6. The largest absolute Gasteiger partial charge is 0.456 e. The number of nitrogens with zero attached hydrogens (tertiary/aromatic N) is 3. The van der Waals surface area contributed by atoms with E-state index in [-0.39, 0.29) is 0 Å². The number of rotatable bonds is 7. The van der Waals surface area contributed by atoms with E-state index in [4.69, 9.17) is 19.4 Å². The van der Waals surface area contributed by atoms with Crippen LogP contribution in [0, 0.1) is 0 Å². The molecule has 0 aliphatic heterocycles. The molecule has 3 aromatic heterocycles. The SMILES string of the molecule is c1ccc(-c2cccc(-c3cc(-c4ccccc4)nc(-c4ccc(-c5ccc(-c6nc7ccccc7c7c(-c8ccccc8)c8c(cc67)oc6ccccc68)cc5)cc4)n3)c2)cc1. The lowest BCUT2D eigenvalue weighted by Crippen LogP contribution is -1.96. The molecule has 0 aliphatic carbocycles. The minimum absolute atomic E-state index is 0.682. The maximum absolute atomic E-state index is 6.59. The van der Waals surface area contributed by atoms with Crippen molar-refractivity contribution in [2.24, 2.45) is 0 Å². The van der Waals surface area contributed by atoms with Gasteiger partial charge in [-0.05, 0) is 58.1 Å². The van der Waals surface area contributed by atoms with Gasteiger partial charge in [0, 0.05) is 54.7 Å². The molecular weight excluding hydrogens is 767 g/mol. The van der Waals surface area contributed by atoms with Crippen LogP contribution in [0.15, 0.2) is 229 Å². The van der Waals surface area contributed by atoms with Gasteiger partial charge in [-0.15, -0.1) is 0 Å². The normalized spacial score (nSPS) is 11.5. The van der Waals surface area contributed by atoms with Gasteiger partial charge in [-0.2, -0.15) is 0 Å². The predicted octanol–water partition coefficient (Wildman–Crippen LogP) is 15.7. The molecule has 0 saturated carbocycles. The first-order chi connectivity index (χ1) is 31.2. The van der Waals surface area contributed by atoms with E-state index in [0.29, 0.717) is 5.82 Å². The average Bonchev–Trinajstić information content (AvgIpc) is 3.74. The van der Waals surface area contributed by atoms with Gasteiger partial charge in [0.15, 0.2) is 5.82 Å². The topological polar surface area (TPSA) is 51.8 Å². The Bertz CT molecular complexity index is 3640. The van der Waals surface area contributed by atoms with Crippen molar-refractivity contribution in [1.29, 1.82) is 0 Å². The second-order valence-corrected chi connectivity index (χ2v) is 15.9. The first-order valence-corrected chi connectivity index (χ1v) is 21.3. The maximum atomic E-state index is 6.59. The highest BCUT2D eigenvalue weighted by Crippen LogP contribution is 2.46. The Morgan fingerprint density at radius 1 is 0.286 bits per heavy atom. The van der Waals surface area contributed by atoms with E-state index in [9.17, 15) is 0 Å². The van der Waals surface area contributed by atoms with Crippen molar-refractivity contribution >= 4 is 43.6 Å². The second kappa shape index (κ2) is 15.2. The number of para-hydroxylation sites is 2. The molecule has 0 fully saturated rings. The van der Waals surface area contributed by atoms with Crippen molar-refractivity contribution in [2.75, 3.05) is 0 Å². The highest BCUT2D eigenvalue weighted by Gasteiger charge is 2.22. The van der Waals surface area contributed by atoms with Crippen molar-refractivity contribution in [2.45, 2.75) is 0 Å². The Balaban J connectivity index is 0.939. The van der Waals surface area contributed by atoms with Crippen LogP contribution in [0.3, 0.4) is 0 Å². The molecule has 0 aliphatic rings. The molecule has 4 nitrogen and oxygen atoms in total. The lowest BCUT2D eigenvalue weighted by Gasteiger charge is -2.16. The summed E-state index contributed by atoms with van der Waals surface area (Å²) >= 11 is 0. The number of benzene rings is 9. The predicted molar refractivity (Wildman–Crippen MR) is 260 cm³/mol. The van der Waals surface area contributed by atoms with Crippen molar-refractivity contribution in [3.63, 3.8) is 0 Å². The van der Waals surface area contributed by atoms with Crippen LogP contribution in [-0.2, 0) is 0 Å². The minimum atomic E-state index is 0.682. The van der Waals surface area contributed by atoms with E-state index in [1.54, 1.807) is 0 Å². The number of furan rings is 1. The Labute approximate surface area is 364 Å². The molecule has 4 heteroatoms. The van der Waals surface area contributed by atoms with Gasteiger partial charge in [-0.3, -0.25) is 0 Å². The molecule has 0 N–H and O–H groups in total. The number of pyridine rings is 1. The number of aromatic nitrogens is 3. The third-order valence-electron chi connectivity index (χ3n) is 12.1. The standard InChI is InChI=1S/C59H37N3O/c1-4-15-38(16-5-1)45-21-14-22-46(35-45)52-37-51(41-17-6-2-7-18-41)61-59(62-52)44-33-29-40(30-34-44)39-27-31-43(32-28-39)58-49-36-54-57(48-24-11-13-26-53(48)63-54)55(42-19-8-3-9-20-42)56(49)47-23-10-12-25-50(47)60-58/h1-37H. The van der Waals surface area contributed by atoms with E-state index in [0.717, 1.165) is 105 Å². The molecular formula is C59H37N3O. The Morgan fingerprint density at radius 3 is 1.52 bits per heavy atom. The second-order valence-electron chi connectivity index (χ2n) is 15.9. The van der Waals surface area contributed by atoms with Gasteiger partial charge >= 0.3 is 0 Å². The zero-order valence-electron chi connectivity index (χ0n) is 34.1. The molecule has 0 unspecified atom stereocenters. The molecule has 12 aromatic rings. The summed E-state index contributed by atoms with van der Waals surface area (Å²) in [5, 5.41) is 5.57. The summed E-state index contributed by atoms with van der Waals surface area (Å²) < 4.78 is 6.59. The molecule has 294 valence electrons. The third-order valence-corrected chi connectivity index (χ3v) is 12.1. The number of fused-ring (bicyclic) bond motifs is 6. The zero-order valence-corrected chi connectivity index (χ0v) is 34.1. The summed E-state index contributed by atoms with van der Waals surface area (Å²) in [6.07, 6.45) is 0. The van der Waals surface area contributed by atoms with Gasteiger partial charge in [0.1, 0.15) is 11.2 Å². The van der Waals surface area contributed by atoms with E-state index < -0.39 is 0 Å². The van der Waals surface area contributed by atoms with E-state index in [1.807, 2.05) is 30.3 Å². The van der Waals surface area contributed by atoms with E-state index in [2.05, 4.69) is 194 Å². The lowest BCUT2D eigenvalue weighted by molar-refractivity contribution is 0.669. The molecule has 0 spiro atoms. The average molecular weight is 804 g/mol. The van der Waals surface area contributed by atoms with Crippen LogP contribution in [-0.4, -0.2) is 15.0 Å². The molecule has 9 aromatic carbocycles. The zero-order chi connectivity index (χ0) is 41.7. The fraction of sp³-hybridized carbons (Fsp3) is 0. The van der Waals surface area contributed by atoms with Gasteiger partial charge in [0.25, 0.3) is 0 Å². The summed E-state index contributed by atoms with van der Waals surface area (Å²) in [6, 6.07) is 78.4. The Morgan fingerprint density at radius 2 is 0.810 bits per heavy atom. The number of hydrogen-bond donors (Lipinski definition) is 0. The fourth-order valence-corrected chi connectivity index (χ4v) is 9.03. The van der Waals surface area contributed by atoms with Crippen molar-refractivity contribution in [3.8, 4) is 78.5 Å². The smallest absolute Gasteiger partial charge is 0.160 e. The first-order valence-electron chi connectivity index (χ1n) is 21.3. The quantitative estimate of drug-likeness (QED) is 0.151. The van der Waals surface area contributed by atoms with E-state index >= 15 is 0 Å². The monoisotopic (exact) mass is 803 g/mol. The fourth-order valence-electron chi connectivity index (χ4n) is 9.03. The molecule has 0 radical (unpaired) electrons. The van der Waals surface area contributed by atoms with E-state index in [1.165, 1.54) is 10.9 Å². The Kier molecular flexibility index (Phi) is 8.79. The van der Waals surface area contributed by atoms with Gasteiger partial charge < -0.3 is 4.42 Å². The maximum Gasteiger partial charge on any atom is 0.160 e. The van der Waals surface area contributed by atoms with Gasteiger partial charge in [-0.1, -0.05) is 194 Å². The first kappa shape index (κ1) is 36.4. The number of hydrogen-bond acceptors (Lipinski definition) is 4. The summed E-state index contributed by atoms with van der Waals surface area (Å²) in [5.41, 5.74) is 16.3. The summed E-state index contributed by atoms with van der Waals surface area (Å²) in [7, 11) is 0. The molecule has 3 heterocycles. The van der Waals surface area contributed by atoms with Gasteiger partial charge in [0.2, 0.25) is 0 Å². The highest BCUT2D eigenvalue weighted by molar-refractivity contribution is 6.27. The Hall–Kier alpha value is -8.47. The molecule has 0 bridgehead atoms. The van der Waals surface area contributed by atoms with Crippen molar-refractivity contribution < 1.29 is 4.42 Å². The van der Waals surface area contributed by atoms with Crippen LogP contribution in [0.4, 0.5) is 0 Å². The van der Waals surface area contributed by atoms with Crippen LogP contribution >= 0.6 is 0 Å². The van der Waals surface area contributed by atoms with Crippen LogP contribution in [0.5, 0.6) is 0 Å².